The van der Waals surface area contributed by atoms with E-state index < -0.39 is 0 Å². The molecule has 0 amide bonds. The van der Waals surface area contributed by atoms with Crippen molar-refractivity contribution in [3.8, 4) is 0 Å². The van der Waals surface area contributed by atoms with Gasteiger partial charge in [0, 0.05) is 17.8 Å². The molecule has 1 aromatic rings. The lowest BCUT2D eigenvalue weighted by atomic mass is 9.78. The van der Waals surface area contributed by atoms with Crippen LogP contribution < -0.4 is 11.3 Å². The Kier molecular flexibility index (Phi) is 4.54. The summed E-state index contributed by atoms with van der Waals surface area (Å²) in [4.78, 5) is 4.53. The lowest BCUT2D eigenvalue weighted by Gasteiger charge is -2.32. The summed E-state index contributed by atoms with van der Waals surface area (Å²) < 4.78 is 0. The van der Waals surface area contributed by atoms with Crippen LogP contribution >= 0.6 is 11.3 Å². The molecule has 17 heavy (non-hydrogen) atoms. The van der Waals surface area contributed by atoms with Crippen molar-refractivity contribution in [3.05, 3.63) is 16.1 Å². The molecule has 0 aliphatic heterocycles. The van der Waals surface area contributed by atoms with Gasteiger partial charge in [0.1, 0.15) is 0 Å². The molecule has 0 radical (unpaired) electrons. The average Bonchev–Trinajstić information content (AvgIpc) is 2.73. The Morgan fingerprint density at radius 2 is 2.18 bits per heavy atom. The van der Waals surface area contributed by atoms with Gasteiger partial charge in [0.2, 0.25) is 0 Å². The second-order valence-electron chi connectivity index (χ2n) is 5.36. The van der Waals surface area contributed by atoms with E-state index in [4.69, 9.17) is 5.84 Å². The van der Waals surface area contributed by atoms with Crippen LogP contribution in [0.25, 0.3) is 0 Å². The largest absolute Gasteiger partial charge is 0.271 e. The third-order valence-corrected chi connectivity index (χ3v) is 4.76. The maximum absolute atomic E-state index is 5.72. The Morgan fingerprint density at radius 3 is 2.71 bits per heavy atom. The third-order valence-electron chi connectivity index (χ3n) is 3.94. The summed E-state index contributed by atoms with van der Waals surface area (Å²) in [5.74, 6) is 7.33. The topological polar surface area (TPSA) is 50.9 Å². The molecule has 3 N–H and O–H groups in total. The smallest absolute Gasteiger partial charge is 0.0897 e. The van der Waals surface area contributed by atoms with E-state index in [1.807, 2.05) is 0 Å². The van der Waals surface area contributed by atoms with E-state index in [9.17, 15) is 0 Å². The van der Waals surface area contributed by atoms with Crippen molar-refractivity contribution >= 4 is 11.3 Å². The number of nitrogens with one attached hydrogen (secondary N) is 1. The van der Waals surface area contributed by atoms with Crippen LogP contribution in [0.2, 0.25) is 0 Å². The van der Waals surface area contributed by atoms with Crippen molar-refractivity contribution in [1.29, 1.82) is 0 Å². The number of hydrogen-bond acceptors (Lipinski definition) is 4. The third kappa shape index (κ3) is 3.50. The molecule has 96 valence electrons. The number of nitrogens with two attached hydrogens (primary N) is 1. The van der Waals surface area contributed by atoms with Gasteiger partial charge in [-0.1, -0.05) is 19.8 Å². The first-order chi connectivity index (χ1) is 8.19. The van der Waals surface area contributed by atoms with Gasteiger partial charge in [0.05, 0.1) is 10.7 Å². The van der Waals surface area contributed by atoms with Gasteiger partial charge in [0.25, 0.3) is 0 Å². The van der Waals surface area contributed by atoms with Crippen molar-refractivity contribution in [2.45, 2.75) is 52.0 Å². The van der Waals surface area contributed by atoms with Gasteiger partial charge in [-0.15, -0.1) is 11.3 Å². The van der Waals surface area contributed by atoms with E-state index in [1.165, 1.54) is 31.4 Å². The van der Waals surface area contributed by atoms with Crippen LogP contribution in [-0.2, 0) is 6.42 Å². The summed E-state index contributed by atoms with van der Waals surface area (Å²) >= 11 is 1.72. The molecule has 1 saturated carbocycles. The van der Waals surface area contributed by atoms with Crippen molar-refractivity contribution < 1.29 is 0 Å². The molecule has 0 aromatic carbocycles. The molecule has 1 unspecified atom stereocenters. The standard InChI is InChI=1S/C13H23N3S/c1-9-3-5-11(6-4-9)13(16-14)7-12-8-17-10(2)15-12/h8-9,11,13,16H,3-7,14H2,1-2H3. The molecule has 1 aliphatic rings. The first-order valence-corrected chi connectivity index (χ1v) is 7.44. The predicted molar refractivity (Wildman–Crippen MR) is 72.8 cm³/mol. The van der Waals surface area contributed by atoms with E-state index in [-0.39, 0.29) is 0 Å². The molecule has 0 saturated heterocycles. The molecule has 1 heterocycles. The zero-order valence-corrected chi connectivity index (χ0v) is 11.6. The van der Waals surface area contributed by atoms with Gasteiger partial charge in [-0.05, 0) is 31.6 Å². The second-order valence-corrected chi connectivity index (χ2v) is 6.42. The summed E-state index contributed by atoms with van der Waals surface area (Å²) in [5.41, 5.74) is 4.20. The highest BCUT2D eigenvalue weighted by Gasteiger charge is 2.25. The molecule has 1 atom stereocenters. The molecule has 0 spiro atoms. The minimum atomic E-state index is 0.393. The number of thiazole rings is 1. The van der Waals surface area contributed by atoms with Crippen LogP contribution in [0, 0.1) is 18.8 Å². The Morgan fingerprint density at radius 1 is 1.47 bits per heavy atom. The lowest BCUT2D eigenvalue weighted by molar-refractivity contribution is 0.229. The highest BCUT2D eigenvalue weighted by atomic mass is 32.1. The molecule has 0 bridgehead atoms. The maximum atomic E-state index is 5.72. The van der Waals surface area contributed by atoms with E-state index >= 15 is 0 Å². The number of aromatic nitrogens is 1. The molecule has 1 aromatic heterocycles. The average molecular weight is 253 g/mol. The maximum Gasteiger partial charge on any atom is 0.0897 e. The van der Waals surface area contributed by atoms with E-state index in [2.05, 4.69) is 29.6 Å². The van der Waals surface area contributed by atoms with Gasteiger partial charge >= 0.3 is 0 Å². The van der Waals surface area contributed by atoms with Gasteiger partial charge in [-0.2, -0.15) is 0 Å². The number of hydrazine groups is 1. The second kappa shape index (κ2) is 5.94. The highest BCUT2D eigenvalue weighted by Crippen LogP contribution is 2.31. The number of aryl methyl sites for hydroxylation is 1. The van der Waals surface area contributed by atoms with Crippen LogP contribution in [0.5, 0.6) is 0 Å². The zero-order valence-electron chi connectivity index (χ0n) is 10.8. The van der Waals surface area contributed by atoms with Gasteiger partial charge in [-0.25, -0.2) is 4.98 Å². The number of hydrogen-bond donors (Lipinski definition) is 2. The molecule has 1 fully saturated rings. The number of rotatable bonds is 4. The van der Waals surface area contributed by atoms with Crippen LogP contribution in [0.15, 0.2) is 5.38 Å². The normalized spacial score (nSPS) is 27.0. The fourth-order valence-corrected chi connectivity index (χ4v) is 3.40. The lowest BCUT2D eigenvalue weighted by Crippen LogP contribution is -2.43. The monoisotopic (exact) mass is 253 g/mol. The molecule has 3 nitrogen and oxygen atoms in total. The van der Waals surface area contributed by atoms with Crippen LogP contribution in [0.4, 0.5) is 0 Å². The Labute approximate surface area is 108 Å². The Hall–Kier alpha value is -0.450. The first kappa shape index (κ1) is 13.0. The van der Waals surface area contributed by atoms with Crippen molar-refractivity contribution in [2.24, 2.45) is 17.7 Å². The zero-order chi connectivity index (χ0) is 12.3. The fourth-order valence-electron chi connectivity index (χ4n) is 2.78. The summed E-state index contributed by atoms with van der Waals surface area (Å²) in [6.45, 7) is 4.41. The molecule has 4 heteroatoms. The van der Waals surface area contributed by atoms with E-state index in [1.54, 1.807) is 11.3 Å². The van der Waals surface area contributed by atoms with Crippen LogP contribution in [0.1, 0.15) is 43.3 Å². The quantitative estimate of drug-likeness (QED) is 0.640. The minimum absolute atomic E-state index is 0.393. The summed E-state index contributed by atoms with van der Waals surface area (Å²) in [7, 11) is 0. The Balaban J connectivity index is 1.92. The summed E-state index contributed by atoms with van der Waals surface area (Å²) in [5, 5.41) is 3.30. The van der Waals surface area contributed by atoms with Gasteiger partial charge in [0.15, 0.2) is 0 Å². The SMILES string of the molecule is Cc1nc(CC(NN)C2CCC(C)CC2)cs1. The predicted octanol–water partition coefficient (Wildman–Crippen LogP) is 2.65. The van der Waals surface area contributed by atoms with Gasteiger partial charge < -0.3 is 0 Å². The Bertz CT molecular complexity index is 342. The van der Waals surface area contributed by atoms with E-state index in [0.717, 1.165) is 23.3 Å². The van der Waals surface area contributed by atoms with Crippen molar-refractivity contribution in [1.82, 2.24) is 10.4 Å². The highest BCUT2D eigenvalue weighted by molar-refractivity contribution is 7.09. The number of nitrogens with zero attached hydrogens (tertiary/aromatic N) is 1. The molecule has 2 rings (SSSR count). The summed E-state index contributed by atoms with van der Waals surface area (Å²) in [6.07, 6.45) is 6.27. The summed E-state index contributed by atoms with van der Waals surface area (Å²) in [6, 6.07) is 0.393. The van der Waals surface area contributed by atoms with E-state index in [0.29, 0.717) is 6.04 Å². The fraction of sp³-hybridized carbons (Fsp3) is 0.769. The first-order valence-electron chi connectivity index (χ1n) is 6.56. The van der Waals surface area contributed by atoms with Gasteiger partial charge in [-0.3, -0.25) is 11.3 Å². The molecular weight excluding hydrogens is 230 g/mol. The molecule has 1 aliphatic carbocycles. The van der Waals surface area contributed by atoms with Crippen molar-refractivity contribution in [3.63, 3.8) is 0 Å². The molecular formula is C13H23N3S. The van der Waals surface area contributed by atoms with Crippen LogP contribution in [-0.4, -0.2) is 11.0 Å². The van der Waals surface area contributed by atoms with Crippen LogP contribution in [0.3, 0.4) is 0 Å². The van der Waals surface area contributed by atoms with Crippen molar-refractivity contribution in [2.75, 3.05) is 0 Å². The minimum Gasteiger partial charge on any atom is -0.271 e.